The van der Waals surface area contributed by atoms with E-state index in [0.29, 0.717) is 19.4 Å². The first-order valence-electron chi connectivity index (χ1n) is 10.1. The van der Waals surface area contributed by atoms with Crippen molar-refractivity contribution >= 4 is 11.6 Å². The summed E-state index contributed by atoms with van der Waals surface area (Å²) in [5, 5.41) is 3.10. The Kier molecular flexibility index (Phi) is 7.31. The van der Waals surface area contributed by atoms with Gasteiger partial charge < -0.3 is 19.7 Å². The number of nitrogens with zero attached hydrogens (tertiary/aromatic N) is 1. The molecule has 1 N–H and O–H groups in total. The summed E-state index contributed by atoms with van der Waals surface area (Å²) < 4.78 is 11.0. The number of carbonyl (C=O) groups excluding carboxylic acids is 1. The highest BCUT2D eigenvalue weighted by molar-refractivity contribution is 5.76. The summed E-state index contributed by atoms with van der Waals surface area (Å²) in [5.41, 5.74) is 3.39. The smallest absolute Gasteiger partial charge is 0.220 e. The van der Waals surface area contributed by atoms with Crippen LogP contribution in [0.5, 0.6) is 5.75 Å². The van der Waals surface area contributed by atoms with Crippen molar-refractivity contribution in [2.75, 3.05) is 37.8 Å². The Balaban J connectivity index is 1.51. The fraction of sp³-hybridized carbons (Fsp3) is 0.435. The minimum atomic E-state index is -0.0200. The number of rotatable bonds is 8. The van der Waals surface area contributed by atoms with Crippen LogP contribution in [0.2, 0.25) is 0 Å². The van der Waals surface area contributed by atoms with E-state index in [1.165, 1.54) is 5.69 Å². The number of hydrogen-bond acceptors (Lipinski definition) is 4. The van der Waals surface area contributed by atoms with Gasteiger partial charge in [0.15, 0.2) is 0 Å². The molecular formula is C23H30N2O3. The number of ether oxygens (including phenoxy) is 2. The molecule has 1 saturated heterocycles. The van der Waals surface area contributed by atoms with Gasteiger partial charge in [-0.2, -0.15) is 0 Å². The van der Waals surface area contributed by atoms with Crippen LogP contribution in [0, 0.1) is 0 Å². The molecule has 0 spiro atoms. The number of aryl methyl sites for hydroxylation is 1. The lowest BCUT2D eigenvalue weighted by Crippen LogP contribution is -2.36. The van der Waals surface area contributed by atoms with Crippen molar-refractivity contribution in [3.63, 3.8) is 0 Å². The summed E-state index contributed by atoms with van der Waals surface area (Å²) in [6.45, 7) is 8.02. The molecular weight excluding hydrogens is 352 g/mol. The van der Waals surface area contributed by atoms with Gasteiger partial charge in [0.25, 0.3) is 0 Å². The van der Waals surface area contributed by atoms with Gasteiger partial charge in [-0.25, -0.2) is 0 Å². The first-order chi connectivity index (χ1) is 13.7. The topological polar surface area (TPSA) is 50.8 Å². The zero-order chi connectivity index (χ0) is 19.8. The molecule has 150 valence electrons. The first kappa shape index (κ1) is 20.2. The Morgan fingerprint density at radius 3 is 2.57 bits per heavy atom. The molecule has 5 heteroatoms. The number of nitrogens with one attached hydrogen (secondary N) is 1. The normalized spacial score (nSPS) is 15.1. The van der Waals surface area contributed by atoms with Gasteiger partial charge in [-0.15, -0.1) is 0 Å². The number of morpholine rings is 1. The maximum absolute atomic E-state index is 12.4. The summed E-state index contributed by atoms with van der Waals surface area (Å²) in [6, 6.07) is 16.3. The number of anilines is 1. The van der Waals surface area contributed by atoms with Crippen molar-refractivity contribution in [2.24, 2.45) is 0 Å². The summed E-state index contributed by atoms with van der Waals surface area (Å²) in [5.74, 6) is 0.917. The van der Waals surface area contributed by atoms with E-state index in [-0.39, 0.29) is 11.9 Å². The molecule has 0 radical (unpaired) electrons. The van der Waals surface area contributed by atoms with Crippen LogP contribution in [-0.2, 0) is 16.0 Å². The van der Waals surface area contributed by atoms with E-state index in [9.17, 15) is 4.79 Å². The Morgan fingerprint density at radius 1 is 1.14 bits per heavy atom. The van der Waals surface area contributed by atoms with E-state index in [1.54, 1.807) is 0 Å². The SMILES string of the molecule is CCOc1ccccc1CCC(=O)NC(C)c1ccc(N2CCOCC2)cc1. The zero-order valence-corrected chi connectivity index (χ0v) is 16.8. The van der Waals surface area contributed by atoms with Gasteiger partial charge in [-0.1, -0.05) is 30.3 Å². The molecule has 28 heavy (non-hydrogen) atoms. The van der Waals surface area contributed by atoms with Gasteiger partial charge in [0.05, 0.1) is 25.9 Å². The van der Waals surface area contributed by atoms with Crippen LogP contribution in [0.3, 0.4) is 0 Å². The molecule has 5 nitrogen and oxygen atoms in total. The zero-order valence-electron chi connectivity index (χ0n) is 16.8. The van der Waals surface area contributed by atoms with Gasteiger partial charge in [0, 0.05) is 25.2 Å². The summed E-state index contributed by atoms with van der Waals surface area (Å²) in [4.78, 5) is 14.7. The molecule has 0 aliphatic carbocycles. The van der Waals surface area contributed by atoms with Crippen molar-refractivity contribution in [2.45, 2.75) is 32.7 Å². The summed E-state index contributed by atoms with van der Waals surface area (Å²) in [7, 11) is 0. The molecule has 2 aromatic rings. The number of hydrogen-bond donors (Lipinski definition) is 1. The van der Waals surface area contributed by atoms with Crippen molar-refractivity contribution in [3.8, 4) is 5.75 Å². The molecule has 1 unspecified atom stereocenters. The van der Waals surface area contributed by atoms with E-state index in [1.807, 2.05) is 38.1 Å². The van der Waals surface area contributed by atoms with Gasteiger partial charge >= 0.3 is 0 Å². The lowest BCUT2D eigenvalue weighted by atomic mass is 10.1. The van der Waals surface area contributed by atoms with Crippen molar-refractivity contribution < 1.29 is 14.3 Å². The van der Waals surface area contributed by atoms with Crippen LogP contribution in [0.1, 0.15) is 37.4 Å². The minimum absolute atomic E-state index is 0.0200. The second kappa shape index (κ2) is 10.1. The maximum Gasteiger partial charge on any atom is 0.220 e. The fourth-order valence-electron chi connectivity index (χ4n) is 3.45. The molecule has 1 amide bonds. The summed E-state index contributed by atoms with van der Waals surface area (Å²) in [6.07, 6.45) is 1.12. The Labute approximate surface area is 167 Å². The highest BCUT2D eigenvalue weighted by atomic mass is 16.5. The average molecular weight is 383 g/mol. The molecule has 1 heterocycles. The number of benzene rings is 2. The van der Waals surface area contributed by atoms with Crippen molar-refractivity contribution in [1.82, 2.24) is 5.32 Å². The van der Waals surface area contributed by atoms with Gasteiger partial charge in [0.2, 0.25) is 5.91 Å². The Hall–Kier alpha value is -2.53. The lowest BCUT2D eigenvalue weighted by Gasteiger charge is -2.29. The second-order valence-electron chi connectivity index (χ2n) is 7.02. The molecule has 2 aromatic carbocycles. The third-order valence-electron chi connectivity index (χ3n) is 5.04. The van der Waals surface area contributed by atoms with Crippen LogP contribution < -0.4 is 15.0 Å². The van der Waals surface area contributed by atoms with Crippen LogP contribution in [0.25, 0.3) is 0 Å². The van der Waals surface area contributed by atoms with Crippen LogP contribution in [0.4, 0.5) is 5.69 Å². The highest BCUT2D eigenvalue weighted by Crippen LogP contribution is 2.21. The molecule has 1 atom stereocenters. The minimum Gasteiger partial charge on any atom is -0.494 e. The van der Waals surface area contributed by atoms with Crippen LogP contribution in [0.15, 0.2) is 48.5 Å². The molecule has 0 aromatic heterocycles. The fourth-order valence-corrected chi connectivity index (χ4v) is 3.45. The van der Waals surface area contributed by atoms with E-state index in [4.69, 9.17) is 9.47 Å². The van der Waals surface area contributed by atoms with Crippen molar-refractivity contribution in [3.05, 3.63) is 59.7 Å². The number of carbonyl (C=O) groups is 1. The molecule has 3 rings (SSSR count). The van der Waals surface area contributed by atoms with Crippen molar-refractivity contribution in [1.29, 1.82) is 0 Å². The predicted molar refractivity (Wildman–Crippen MR) is 112 cm³/mol. The predicted octanol–water partition coefficient (Wildman–Crippen LogP) is 3.73. The molecule has 1 aliphatic rings. The average Bonchev–Trinajstić information content (AvgIpc) is 2.74. The number of para-hydroxylation sites is 1. The first-order valence-corrected chi connectivity index (χ1v) is 10.1. The highest BCUT2D eigenvalue weighted by Gasteiger charge is 2.14. The van der Waals surface area contributed by atoms with Crippen LogP contribution in [-0.4, -0.2) is 38.8 Å². The Morgan fingerprint density at radius 2 is 1.86 bits per heavy atom. The quantitative estimate of drug-likeness (QED) is 0.756. The van der Waals surface area contributed by atoms with E-state index >= 15 is 0 Å². The maximum atomic E-state index is 12.4. The molecule has 0 bridgehead atoms. The van der Waals surface area contributed by atoms with E-state index in [2.05, 4.69) is 34.5 Å². The van der Waals surface area contributed by atoms with E-state index < -0.39 is 0 Å². The monoisotopic (exact) mass is 382 g/mol. The molecule has 1 fully saturated rings. The lowest BCUT2D eigenvalue weighted by molar-refractivity contribution is -0.121. The van der Waals surface area contributed by atoms with Gasteiger partial charge in [-0.05, 0) is 49.6 Å². The van der Waals surface area contributed by atoms with Gasteiger partial charge in [0.1, 0.15) is 5.75 Å². The standard InChI is InChI=1S/C23H30N2O3/c1-3-28-22-7-5-4-6-20(22)10-13-23(26)24-18(2)19-8-11-21(12-9-19)25-14-16-27-17-15-25/h4-9,11-12,18H,3,10,13-17H2,1-2H3,(H,24,26). The second-order valence-corrected chi connectivity index (χ2v) is 7.02. The molecule has 0 saturated carbocycles. The summed E-state index contributed by atoms with van der Waals surface area (Å²) >= 11 is 0. The van der Waals surface area contributed by atoms with Crippen LogP contribution >= 0.6 is 0 Å². The van der Waals surface area contributed by atoms with E-state index in [0.717, 1.165) is 43.2 Å². The third-order valence-corrected chi connectivity index (χ3v) is 5.04. The number of amides is 1. The van der Waals surface area contributed by atoms with Gasteiger partial charge in [-0.3, -0.25) is 4.79 Å². The third kappa shape index (κ3) is 5.49. The largest absolute Gasteiger partial charge is 0.494 e. The Bertz CT molecular complexity index is 755. The molecule has 1 aliphatic heterocycles.